The number of non-ortho nitro benzene ring substituents is 1. The summed E-state index contributed by atoms with van der Waals surface area (Å²) >= 11 is 0. The number of rotatable bonds is 5. The summed E-state index contributed by atoms with van der Waals surface area (Å²) in [6, 6.07) is 11.8. The Balaban J connectivity index is 1.55. The van der Waals surface area contributed by atoms with Gasteiger partial charge < -0.3 is 0 Å². The number of sulfone groups is 1. The molecule has 1 aliphatic heterocycles. The molecule has 0 amide bonds. The van der Waals surface area contributed by atoms with E-state index in [0.29, 0.717) is 48.6 Å². The van der Waals surface area contributed by atoms with Crippen LogP contribution in [-0.2, 0) is 29.3 Å². The molecule has 2 aromatic heterocycles. The van der Waals surface area contributed by atoms with Gasteiger partial charge in [0, 0.05) is 50.0 Å². The third kappa shape index (κ3) is 4.52. The second kappa shape index (κ2) is 8.00. The van der Waals surface area contributed by atoms with E-state index in [1.807, 2.05) is 17.0 Å². The number of nitro groups is 1. The summed E-state index contributed by atoms with van der Waals surface area (Å²) in [5.41, 5.74) is 2.52. The number of nitrogens with zero attached hydrogens (tertiary/aromatic N) is 4. The highest BCUT2D eigenvalue weighted by Gasteiger charge is 2.23. The van der Waals surface area contributed by atoms with Gasteiger partial charge in [-0.1, -0.05) is 18.2 Å². The van der Waals surface area contributed by atoms with Crippen LogP contribution in [0.3, 0.4) is 0 Å². The maximum absolute atomic E-state index is 12.4. The molecule has 10 nitrogen and oxygen atoms in total. The zero-order chi connectivity index (χ0) is 22.2. The van der Waals surface area contributed by atoms with E-state index in [1.165, 1.54) is 12.1 Å². The van der Waals surface area contributed by atoms with Crippen molar-refractivity contribution in [3.05, 3.63) is 79.9 Å². The van der Waals surface area contributed by atoms with Gasteiger partial charge in [-0.15, -0.1) is 0 Å². The van der Waals surface area contributed by atoms with Crippen molar-refractivity contribution in [1.29, 1.82) is 0 Å². The lowest BCUT2D eigenvalue weighted by Crippen LogP contribution is -2.36. The molecule has 11 heteroatoms. The van der Waals surface area contributed by atoms with E-state index in [0.717, 1.165) is 11.9 Å². The molecule has 0 unspecified atom stereocenters. The van der Waals surface area contributed by atoms with E-state index in [1.54, 1.807) is 18.2 Å². The van der Waals surface area contributed by atoms with E-state index >= 15 is 0 Å². The molecule has 0 atom stereocenters. The maximum atomic E-state index is 12.4. The van der Waals surface area contributed by atoms with Crippen LogP contribution in [0.2, 0.25) is 0 Å². The Morgan fingerprint density at radius 2 is 1.97 bits per heavy atom. The smallest absolute Gasteiger partial charge is 0.270 e. The molecule has 0 radical (unpaired) electrons. The first-order chi connectivity index (χ1) is 14.7. The molecule has 3 heterocycles. The molecule has 0 spiro atoms. The molecular weight excluding hydrogens is 422 g/mol. The lowest BCUT2D eigenvalue weighted by Gasteiger charge is -2.27. The first-order valence-electron chi connectivity index (χ1n) is 9.46. The number of nitro benzene ring substituents is 1. The van der Waals surface area contributed by atoms with Gasteiger partial charge in [-0.05, 0) is 12.1 Å². The second-order valence-electron chi connectivity index (χ2n) is 7.35. The number of benzene rings is 1. The summed E-state index contributed by atoms with van der Waals surface area (Å²) in [4.78, 5) is 36.1. The van der Waals surface area contributed by atoms with Gasteiger partial charge >= 0.3 is 0 Å². The fourth-order valence-electron chi connectivity index (χ4n) is 3.51. The summed E-state index contributed by atoms with van der Waals surface area (Å²) in [5.74, 6) is 0. The van der Waals surface area contributed by atoms with Gasteiger partial charge in [0.05, 0.1) is 27.6 Å². The van der Waals surface area contributed by atoms with Crippen molar-refractivity contribution < 1.29 is 13.3 Å². The molecule has 0 saturated carbocycles. The van der Waals surface area contributed by atoms with E-state index in [9.17, 15) is 23.3 Å². The minimum atomic E-state index is -3.59. The van der Waals surface area contributed by atoms with Crippen LogP contribution >= 0.6 is 0 Å². The average molecular weight is 441 g/mol. The highest BCUT2D eigenvalue weighted by molar-refractivity contribution is 7.90. The molecule has 0 aliphatic carbocycles. The number of aromatic nitrogens is 3. The van der Waals surface area contributed by atoms with Gasteiger partial charge in [0.25, 0.3) is 11.2 Å². The van der Waals surface area contributed by atoms with Crippen LogP contribution in [0.4, 0.5) is 5.69 Å². The van der Waals surface area contributed by atoms with Crippen LogP contribution in [0.15, 0.2) is 52.4 Å². The third-order valence-corrected chi connectivity index (χ3v) is 5.92. The van der Waals surface area contributed by atoms with Gasteiger partial charge in [-0.3, -0.25) is 29.8 Å². The van der Waals surface area contributed by atoms with Gasteiger partial charge in [0.1, 0.15) is 0 Å². The van der Waals surface area contributed by atoms with Gasteiger partial charge in [-0.2, -0.15) is 0 Å². The molecule has 1 aromatic carbocycles. The van der Waals surface area contributed by atoms with Crippen LogP contribution < -0.4 is 5.56 Å². The minimum Gasteiger partial charge on any atom is -0.297 e. The fourth-order valence-corrected chi connectivity index (χ4v) is 4.06. The Hall–Kier alpha value is -3.44. The van der Waals surface area contributed by atoms with Gasteiger partial charge in [0.2, 0.25) is 15.0 Å². The Labute approximate surface area is 177 Å². The van der Waals surface area contributed by atoms with Crippen molar-refractivity contribution in [2.75, 3.05) is 12.8 Å². The minimum absolute atomic E-state index is 0.00229. The summed E-state index contributed by atoms with van der Waals surface area (Å²) < 4.78 is 23.4. The van der Waals surface area contributed by atoms with Crippen molar-refractivity contribution in [2.45, 2.75) is 24.7 Å². The number of hydrogen-bond acceptors (Lipinski definition) is 8. The summed E-state index contributed by atoms with van der Waals surface area (Å²) in [5, 5.41) is 10.7. The summed E-state index contributed by atoms with van der Waals surface area (Å²) in [6.45, 7) is 1.38. The first-order valence-corrected chi connectivity index (χ1v) is 11.3. The monoisotopic (exact) mass is 441 g/mol. The van der Waals surface area contributed by atoms with Crippen molar-refractivity contribution >= 4 is 15.5 Å². The summed E-state index contributed by atoms with van der Waals surface area (Å²) in [7, 11) is -3.59. The largest absolute Gasteiger partial charge is 0.297 e. The van der Waals surface area contributed by atoms with E-state index in [2.05, 4.69) is 15.0 Å². The molecule has 4 rings (SSSR count). The SMILES string of the molecule is CS(=O)(=O)c1nc2c(c(=O)[nH]1)CN(Cc1cccc(-c3cccc([N+](=O)[O-])c3)n1)CC2. The van der Waals surface area contributed by atoms with Crippen LogP contribution in [0.1, 0.15) is 17.0 Å². The molecule has 1 N–H and O–H groups in total. The third-order valence-electron chi connectivity index (χ3n) is 5.02. The van der Waals surface area contributed by atoms with Crippen molar-refractivity contribution in [1.82, 2.24) is 19.9 Å². The zero-order valence-corrected chi connectivity index (χ0v) is 17.4. The highest BCUT2D eigenvalue weighted by atomic mass is 32.2. The van der Waals surface area contributed by atoms with Crippen molar-refractivity contribution in [2.24, 2.45) is 0 Å². The molecule has 160 valence electrons. The van der Waals surface area contributed by atoms with Crippen molar-refractivity contribution in [3.8, 4) is 11.3 Å². The maximum Gasteiger partial charge on any atom is 0.270 e. The predicted molar refractivity (Wildman–Crippen MR) is 112 cm³/mol. The average Bonchev–Trinajstić information content (AvgIpc) is 2.73. The second-order valence-corrected chi connectivity index (χ2v) is 9.28. The van der Waals surface area contributed by atoms with Crippen LogP contribution in [0.5, 0.6) is 0 Å². The van der Waals surface area contributed by atoms with Gasteiger partial charge in [-0.25, -0.2) is 13.4 Å². The van der Waals surface area contributed by atoms with E-state index < -0.39 is 20.3 Å². The number of fused-ring (bicyclic) bond motifs is 1. The Kier molecular flexibility index (Phi) is 5.38. The molecular formula is C20H19N5O5S. The standard InChI is InChI=1S/C20H19N5O5S/c1-31(29,30)20-22-18-8-9-24(12-16(18)19(26)23-20)11-14-5-3-7-17(21-14)13-4-2-6-15(10-13)25(27)28/h2-7,10H,8-9,11-12H2,1H3,(H,22,23,26). The fraction of sp³-hybridized carbons (Fsp3) is 0.250. The predicted octanol–water partition coefficient (Wildman–Crippen LogP) is 1.70. The number of nitrogens with one attached hydrogen (secondary N) is 1. The van der Waals surface area contributed by atoms with E-state index in [4.69, 9.17) is 0 Å². The lowest BCUT2D eigenvalue weighted by molar-refractivity contribution is -0.384. The molecule has 3 aromatic rings. The molecule has 0 saturated heterocycles. The van der Waals surface area contributed by atoms with E-state index in [-0.39, 0.29) is 10.8 Å². The van der Waals surface area contributed by atoms with Crippen LogP contribution in [-0.4, -0.2) is 46.0 Å². The molecule has 31 heavy (non-hydrogen) atoms. The number of H-pyrrole nitrogens is 1. The number of pyridine rings is 1. The summed E-state index contributed by atoms with van der Waals surface area (Å²) in [6.07, 6.45) is 1.46. The Morgan fingerprint density at radius 3 is 2.71 bits per heavy atom. The normalized spacial score (nSPS) is 14.2. The van der Waals surface area contributed by atoms with Gasteiger partial charge in [0.15, 0.2) is 0 Å². The molecule has 0 bridgehead atoms. The first kappa shape index (κ1) is 20.8. The topological polar surface area (TPSA) is 139 Å². The number of aromatic amines is 1. The zero-order valence-electron chi connectivity index (χ0n) is 16.6. The quantitative estimate of drug-likeness (QED) is 0.358. The Morgan fingerprint density at radius 1 is 1.19 bits per heavy atom. The van der Waals surface area contributed by atoms with Crippen molar-refractivity contribution in [3.63, 3.8) is 0 Å². The van der Waals surface area contributed by atoms with Crippen LogP contribution in [0, 0.1) is 10.1 Å². The molecule has 1 aliphatic rings. The van der Waals surface area contributed by atoms with Crippen LogP contribution in [0.25, 0.3) is 11.3 Å². The molecule has 0 fully saturated rings. The lowest BCUT2D eigenvalue weighted by atomic mass is 10.1. The highest BCUT2D eigenvalue weighted by Crippen LogP contribution is 2.23. The number of hydrogen-bond donors (Lipinski definition) is 1. The Bertz CT molecular complexity index is 1340.